The lowest BCUT2D eigenvalue weighted by molar-refractivity contribution is -0.137. The molecule has 1 aromatic heterocycles. The Morgan fingerprint density at radius 2 is 1.94 bits per heavy atom. The summed E-state index contributed by atoms with van der Waals surface area (Å²) in [5.41, 5.74) is 0. The first-order chi connectivity index (χ1) is 8.58. The topological polar surface area (TPSA) is 68.0 Å². The minimum absolute atomic E-state index is 0.134. The van der Waals surface area contributed by atoms with Gasteiger partial charge in [-0.05, 0) is 25.2 Å². The second-order valence-electron chi connectivity index (χ2n) is 5.46. The van der Waals surface area contributed by atoms with E-state index >= 15 is 0 Å². The number of carboxylic acids is 1. The third kappa shape index (κ3) is 3.31. The van der Waals surface area contributed by atoms with E-state index in [-0.39, 0.29) is 6.42 Å². The molecule has 100 valence electrons. The molecule has 0 atom stereocenters. The molecule has 1 saturated carbocycles. The molecule has 1 N–H and O–H groups in total. The van der Waals surface area contributed by atoms with Crippen molar-refractivity contribution in [2.75, 3.05) is 0 Å². The van der Waals surface area contributed by atoms with Crippen LogP contribution in [-0.2, 0) is 17.6 Å². The van der Waals surface area contributed by atoms with E-state index in [4.69, 9.17) is 5.11 Å². The molecule has 0 spiro atoms. The van der Waals surface area contributed by atoms with Crippen molar-refractivity contribution in [3.63, 3.8) is 0 Å². The number of aromatic nitrogens is 3. The van der Waals surface area contributed by atoms with Crippen LogP contribution in [0.4, 0.5) is 0 Å². The summed E-state index contributed by atoms with van der Waals surface area (Å²) in [7, 11) is 0. The third-order valence-electron chi connectivity index (χ3n) is 3.26. The van der Waals surface area contributed by atoms with Gasteiger partial charge in [0.1, 0.15) is 11.6 Å². The second kappa shape index (κ2) is 5.50. The van der Waals surface area contributed by atoms with E-state index < -0.39 is 5.97 Å². The Labute approximate surface area is 107 Å². The van der Waals surface area contributed by atoms with Gasteiger partial charge in [-0.3, -0.25) is 4.79 Å². The molecule has 5 nitrogen and oxygen atoms in total. The Morgan fingerprint density at radius 3 is 2.44 bits per heavy atom. The van der Waals surface area contributed by atoms with Gasteiger partial charge >= 0.3 is 5.97 Å². The molecule has 1 aromatic rings. The predicted octanol–water partition coefficient (Wildman–Crippen LogP) is 2.22. The number of carboxylic acid groups (broad SMARTS) is 1. The first-order valence-electron chi connectivity index (χ1n) is 6.72. The van der Waals surface area contributed by atoms with Crippen molar-refractivity contribution < 1.29 is 9.90 Å². The van der Waals surface area contributed by atoms with Gasteiger partial charge in [0.05, 0.1) is 6.42 Å². The van der Waals surface area contributed by atoms with E-state index in [0.717, 1.165) is 24.5 Å². The lowest BCUT2D eigenvalue weighted by Gasteiger charge is -2.09. The molecule has 0 radical (unpaired) electrons. The van der Waals surface area contributed by atoms with Crippen molar-refractivity contribution in [3.8, 4) is 0 Å². The van der Waals surface area contributed by atoms with Crippen LogP contribution in [0.2, 0.25) is 0 Å². The fourth-order valence-electron chi connectivity index (χ4n) is 2.09. The normalized spacial score (nSPS) is 15.3. The van der Waals surface area contributed by atoms with E-state index in [2.05, 4.69) is 28.6 Å². The number of aryl methyl sites for hydroxylation is 2. The van der Waals surface area contributed by atoms with Crippen molar-refractivity contribution >= 4 is 5.97 Å². The summed E-state index contributed by atoms with van der Waals surface area (Å²) in [6, 6.07) is 0.519. The smallest absolute Gasteiger partial charge is 0.303 e. The monoisotopic (exact) mass is 251 g/mol. The maximum atomic E-state index is 10.6. The van der Waals surface area contributed by atoms with Crippen molar-refractivity contribution in [3.05, 3.63) is 11.6 Å². The van der Waals surface area contributed by atoms with Crippen LogP contribution in [0.25, 0.3) is 0 Å². The fraction of sp³-hybridized carbons (Fsp3) is 0.769. The van der Waals surface area contributed by atoms with Crippen LogP contribution in [0.5, 0.6) is 0 Å². The maximum absolute atomic E-state index is 10.6. The Kier molecular flexibility index (Phi) is 3.99. The Bertz CT molecular complexity index is 422. The zero-order chi connectivity index (χ0) is 13.1. The highest BCUT2D eigenvalue weighted by Gasteiger charge is 2.29. The molecular weight excluding hydrogens is 230 g/mol. The zero-order valence-corrected chi connectivity index (χ0v) is 11.1. The zero-order valence-electron chi connectivity index (χ0n) is 11.1. The summed E-state index contributed by atoms with van der Waals surface area (Å²) in [6.07, 6.45) is 5.01. The van der Waals surface area contributed by atoms with Gasteiger partial charge in [-0.25, -0.2) is 0 Å². The van der Waals surface area contributed by atoms with Gasteiger partial charge in [0, 0.05) is 18.9 Å². The lowest BCUT2D eigenvalue weighted by atomic mass is 10.1. The minimum Gasteiger partial charge on any atom is -0.481 e. The highest BCUT2D eigenvalue weighted by atomic mass is 16.4. The van der Waals surface area contributed by atoms with Crippen molar-refractivity contribution in [2.45, 2.75) is 58.4 Å². The molecule has 0 unspecified atom stereocenters. The first-order valence-corrected chi connectivity index (χ1v) is 6.72. The van der Waals surface area contributed by atoms with Crippen LogP contribution < -0.4 is 0 Å². The number of hydrogen-bond acceptors (Lipinski definition) is 3. The van der Waals surface area contributed by atoms with E-state index in [1.165, 1.54) is 12.8 Å². The van der Waals surface area contributed by atoms with Gasteiger partial charge in [-0.1, -0.05) is 13.8 Å². The van der Waals surface area contributed by atoms with Gasteiger partial charge in [-0.2, -0.15) is 0 Å². The van der Waals surface area contributed by atoms with Crippen molar-refractivity contribution in [2.24, 2.45) is 5.92 Å². The molecule has 1 fully saturated rings. The van der Waals surface area contributed by atoms with E-state index in [9.17, 15) is 4.79 Å². The molecule has 18 heavy (non-hydrogen) atoms. The van der Waals surface area contributed by atoms with Gasteiger partial charge in [-0.15, -0.1) is 10.2 Å². The summed E-state index contributed by atoms with van der Waals surface area (Å²) in [6.45, 7) is 4.40. The Hall–Kier alpha value is -1.39. The standard InChI is InChI=1S/C13H21N3O2/c1-9(2)3-6-11-14-15-12(7-8-13(17)18)16(11)10-4-5-10/h9-10H,3-8H2,1-2H3,(H,17,18). The van der Waals surface area contributed by atoms with E-state index in [0.29, 0.717) is 18.4 Å². The summed E-state index contributed by atoms with van der Waals surface area (Å²) < 4.78 is 2.19. The van der Waals surface area contributed by atoms with E-state index in [1.807, 2.05) is 0 Å². The summed E-state index contributed by atoms with van der Waals surface area (Å²) in [4.78, 5) is 10.6. The minimum atomic E-state index is -0.774. The third-order valence-corrected chi connectivity index (χ3v) is 3.26. The van der Waals surface area contributed by atoms with Crippen molar-refractivity contribution in [1.82, 2.24) is 14.8 Å². The number of rotatable bonds is 7. The van der Waals surface area contributed by atoms with Crippen LogP contribution >= 0.6 is 0 Å². The molecule has 0 aromatic carbocycles. The SMILES string of the molecule is CC(C)CCc1nnc(CCC(=O)O)n1C1CC1. The Morgan fingerprint density at radius 1 is 1.33 bits per heavy atom. The van der Waals surface area contributed by atoms with Crippen LogP contribution in [0.1, 0.15) is 57.2 Å². The second-order valence-corrected chi connectivity index (χ2v) is 5.46. The molecule has 1 heterocycles. The largest absolute Gasteiger partial charge is 0.481 e. The highest BCUT2D eigenvalue weighted by Crippen LogP contribution is 2.37. The fourth-order valence-corrected chi connectivity index (χ4v) is 2.09. The first kappa shape index (κ1) is 13.1. The number of carbonyl (C=O) groups is 1. The summed E-state index contributed by atoms with van der Waals surface area (Å²) in [5, 5.41) is 17.2. The average molecular weight is 251 g/mol. The molecule has 5 heteroatoms. The van der Waals surface area contributed by atoms with Gasteiger partial charge in [0.15, 0.2) is 0 Å². The molecule has 0 bridgehead atoms. The highest BCUT2D eigenvalue weighted by molar-refractivity contribution is 5.66. The quantitative estimate of drug-likeness (QED) is 0.806. The van der Waals surface area contributed by atoms with Gasteiger partial charge in [0.2, 0.25) is 0 Å². The molecule has 0 saturated heterocycles. The maximum Gasteiger partial charge on any atom is 0.303 e. The summed E-state index contributed by atoms with van der Waals surface area (Å²) >= 11 is 0. The molecule has 1 aliphatic carbocycles. The molecule has 2 rings (SSSR count). The molecule has 1 aliphatic rings. The summed E-state index contributed by atoms with van der Waals surface area (Å²) in [5.74, 6) is 1.76. The predicted molar refractivity (Wildman–Crippen MR) is 67.4 cm³/mol. The van der Waals surface area contributed by atoms with Gasteiger partial charge in [0.25, 0.3) is 0 Å². The van der Waals surface area contributed by atoms with Crippen molar-refractivity contribution in [1.29, 1.82) is 0 Å². The van der Waals surface area contributed by atoms with Crippen LogP contribution in [0.3, 0.4) is 0 Å². The van der Waals surface area contributed by atoms with Crippen LogP contribution in [0.15, 0.2) is 0 Å². The van der Waals surface area contributed by atoms with Gasteiger partial charge < -0.3 is 9.67 Å². The lowest BCUT2D eigenvalue weighted by Crippen LogP contribution is -2.09. The Balaban J connectivity index is 2.07. The average Bonchev–Trinajstić information content (AvgIpc) is 3.05. The molecule has 0 aliphatic heterocycles. The van der Waals surface area contributed by atoms with Crippen LogP contribution in [-0.4, -0.2) is 25.8 Å². The van der Waals surface area contributed by atoms with Crippen LogP contribution in [0, 0.1) is 5.92 Å². The number of aliphatic carboxylic acids is 1. The van der Waals surface area contributed by atoms with E-state index in [1.54, 1.807) is 0 Å². The molecular formula is C13H21N3O2. The molecule has 0 amide bonds. The number of nitrogens with zero attached hydrogens (tertiary/aromatic N) is 3. The number of hydrogen-bond donors (Lipinski definition) is 1.